The predicted molar refractivity (Wildman–Crippen MR) is 122 cm³/mol. The van der Waals surface area contributed by atoms with Gasteiger partial charge in [0.2, 0.25) is 5.91 Å². The summed E-state index contributed by atoms with van der Waals surface area (Å²) in [5, 5.41) is 5.25. The lowest BCUT2D eigenvalue weighted by Gasteiger charge is -2.28. The highest BCUT2D eigenvalue weighted by atomic mass is 19.1. The molecule has 1 saturated heterocycles. The first-order valence-corrected chi connectivity index (χ1v) is 10.6. The van der Waals surface area contributed by atoms with Crippen LogP contribution in [-0.4, -0.2) is 33.9 Å². The molecule has 0 bridgehead atoms. The van der Waals surface area contributed by atoms with Crippen LogP contribution in [0.3, 0.4) is 0 Å². The van der Waals surface area contributed by atoms with Gasteiger partial charge in [-0.2, -0.15) is 5.10 Å². The normalized spacial score (nSPS) is 18.1. The molecule has 2 atom stereocenters. The van der Waals surface area contributed by atoms with Crippen LogP contribution in [0.4, 0.5) is 14.9 Å². The smallest absolute Gasteiger partial charge is 0.404 e. The number of carbonyl (C=O) groups excluding carboxylic acids is 2. The fourth-order valence-electron chi connectivity index (χ4n) is 4.40. The number of primary amides is 1. The lowest BCUT2D eigenvalue weighted by atomic mass is 10.0. The van der Waals surface area contributed by atoms with Gasteiger partial charge < -0.3 is 15.4 Å². The highest BCUT2D eigenvalue weighted by molar-refractivity contribution is 5.99. The predicted octanol–water partition coefficient (Wildman–Crippen LogP) is 3.98. The molecule has 2 heterocycles. The Kier molecular flexibility index (Phi) is 5.26. The van der Waals surface area contributed by atoms with E-state index in [4.69, 9.17) is 10.5 Å². The van der Waals surface area contributed by atoms with Crippen LogP contribution in [-0.2, 0) is 16.0 Å². The fraction of sp³-hybridized carbons (Fsp3) is 0.160. The molecule has 0 saturated carbocycles. The van der Waals surface area contributed by atoms with Crippen molar-refractivity contribution in [1.82, 2.24) is 9.78 Å². The number of anilines is 1. The Labute approximate surface area is 189 Å². The molecule has 1 aliphatic rings. The van der Waals surface area contributed by atoms with Gasteiger partial charge in [0.1, 0.15) is 11.9 Å². The number of nitrogens with two attached hydrogens (primary N) is 1. The van der Waals surface area contributed by atoms with Crippen molar-refractivity contribution < 1.29 is 18.7 Å². The van der Waals surface area contributed by atoms with Gasteiger partial charge in [-0.25, -0.2) is 13.9 Å². The molecule has 2 N–H and O–H groups in total. The lowest BCUT2D eigenvalue weighted by Crippen LogP contribution is -2.41. The summed E-state index contributed by atoms with van der Waals surface area (Å²) in [5.41, 5.74) is 8.53. The molecule has 166 valence electrons. The van der Waals surface area contributed by atoms with Crippen LogP contribution in [0, 0.1) is 5.82 Å². The Hall–Kier alpha value is -4.20. The van der Waals surface area contributed by atoms with Crippen molar-refractivity contribution in [2.45, 2.75) is 25.0 Å². The minimum Gasteiger partial charge on any atom is -0.444 e. The number of ether oxygens (including phenoxy) is 1. The summed E-state index contributed by atoms with van der Waals surface area (Å²) < 4.78 is 20.3. The van der Waals surface area contributed by atoms with Gasteiger partial charge in [-0.05, 0) is 54.4 Å². The Bertz CT molecular complexity index is 1320. The second kappa shape index (κ2) is 8.38. The first-order valence-electron chi connectivity index (χ1n) is 10.6. The summed E-state index contributed by atoms with van der Waals surface area (Å²) >= 11 is 0. The third-order valence-corrected chi connectivity index (χ3v) is 5.86. The Morgan fingerprint density at radius 1 is 1.06 bits per heavy atom. The van der Waals surface area contributed by atoms with Crippen molar-refractivity contribution in [3.63, 3.8) is 0 Å². The second-order valence-corrected chi connectivity index (χ2v) is 7.98. The number of hydrogen-bond acceptors (Lipinski definition) is 4. The number of amides is 2. The average molecular weight is 444 g/mol. The van der Waals surface area contributed by atoms with Gasteiger partial charge in [0.25, 0.3) is 0 Å². The third-order valence-electron chi connectivity index (χ3n) is 5.86. The van der Waals surface area contributed by atoms with Crippen LogP contribution in [0.5, 0.6) is 0 Å². The Balaban J connectivity index is 1.51. The van der Waals surface area contributed by atoms with E-state index in [-0.39, 0.29) is 18.1 Å². The molecule has 0 spiro atoms. The fourth-order valence-corrected chi connectivity index (χ4v) is 4.40. The standard InChI is InChI=1S/C25H21FN4O3/c26-18-6-8-19(9-7-18)30-21-11-10-20(13-17(21)15-28-30)29-22(12-16-4-2-1-3-5-16)23(14-24(29)31)33-25(27)32/h1-11,13,15,22-23H,12,14H2,(H2,27,32)/t22-,23+/m1/s1. The van der Waals surface area contributed by atoms with Gasteiger partial charge in [0.05, 0.1) is 29.9 Å². The molecular weight excluding hydrogens is 423 g/mol. The molecule has 0 radical (unpaired) electrons. The van der Waals surface area contributed by atoms with E-state index < -0.39 is 18.2 Å². The maximum Gasteiger partial charge on any atom is 0.404 e. The van der Waals surface area contributed by atoms with E-state index >= 15 is 0 Å². The van der Waals surface area contributed by atoms with Gasteiger partial charge in [0, 0.05) is 11.1 Å². The summed E-state index contributed by atoms with van der Waals surface area (Å²) in [6, 6.07) is 21.0. The van der Waals surface area contributed by atoms with Crippen LogP contribution in [0.2, 0.25) is 0 Å². The maximum absolute atomic E-state index is 13.3. The molecule has 4 aromatic rings. The van der Waals surface area contributed by atoms with Gasteiger partial charge in [-0.1, -0.05) is 30.3 Å². The van der Waals surface area contributed by atoms with Crippen LogP contribution in [0.15, 0.2) is 79.0 Å². The molecule has 33 heavy (non-hydrogen) atoms. The minimum atomic E-state index is -0.899. The molecule has 0 aliphatic carbocycles. The molecule has 2 amide bonds. The van der Waals surface area contributed by atoms with E-state index in [1.807, 2.05) is 48.5 Å². The van der Waals surface area contributed by atoms with Crippen molar-refractivity contribution in [3.05, 3.63) is 90.4 Å². The summed E-state index contributed by atoms with van der Waals surface area (Å²) in [6.07, 6.45) is 0.730. The van der Waals surface area contributed by atoms with Crippen LogP contribution in [0.1, 0.15) is 12.0 Å². The number of aromatic nitrogens is 2. The zero-order chi connectivity index (χ0) is 22.9. The van der Waals surface area contributed by atoms with Gasteiger partial charge in [0.15, 0.2) is 0 Å². The van der Waals surface area contributed by atoms with Crippen molar-refractivity contribution in [1.29, 1.82) is 0 Å². The first-order chi connectivity index (χ1) is 16.0. The largest absolute Gasteiger partial charge is 0.444 e. The van der Waals surface area contributed by atoms with E-state index in [2.05, 4.69) is 5.10 Å². The van der Waals surface area contributed by atoms with Gasteiger partial charge in [-0.15, -0.1) is 0 Å². The number of hydrogen-bond donors (Lipinski definition) is 1. The van der Waals surface area contributed by atoms with Gasteiger partial charge >= 0.3 is 6.09 Å². The van der Waals surface area contributed by atoms with E-state index in [1.165, 1.54) is 12.1 Å². The minimum absolute atomic E-state index is 0.0628. The molecule has 0 unspecified atom stereocenters. The lowest BCUT2D eigenvalue weighted by molar-refractivity contribution is -0.117. The summed E-state index contributed by atoms with van der Waals surface area (Å²) in [7, 11) is 0. The van der Waals surface area contributed by atoms with Crippen molar-refractivity contribution in [3.8, 4) is 5.69 Å². The average Bonchev–Trinajstić information content (AvgIpc) is 3.35. The molecule has 8 heteroatoms. The molecule has 1 aliphatic heterocycles. The van der Waals surface area contributed by atoms with E-state index in [0.29, 0.717) is 12.1 Å². The number of benzene rings is 3. The quantitative estimate of drug-likeness (QED) is 0.504. The van der Waals surface area contributed by atoms with Crippen LogP contribution >= 0.6 is 0 Å². The second-order valence-electron chi connectivity index (χ2n) is 7.98. The Morgan fingerprint density at radius 2 is 1.79 bits per heavy atom. The molecule has 1 fully saturated rings. The molecule has 3 aromatic carbocycles. The number of halogens is 1. The zero-order valence-corrected chi connectivity index (χ0v) is 17.6. The summed E-state index contributed by atoms with van der Waals surface area (Å²) in [4.78, 5) is 26.1. The molecule has 1 aromatic heterocycles. The highest BCUT2D eigenvalue weighted by Gasteiger charge is 2.42. The van der Waals surface area contributed by atoms with Crippen LogP contribution in [0.25, 0.3) is 16.6 Å². The monoisotopic (exact) mass is 444 g/mol. The Morgan fingerprint density at radius 3 is 2.52 bits per heavy atom. The molecule has 5 rings (SSSR count). The third kappa shape index (κ3) is 4.03. The zero-order valence-electron chi connectivity index (χ0n) is 17.6. The summed E-state index contributed by atoms with van der Waals surface area (Å²) in [6.45, 7) is 0. The molecule has 7 nitrogen and oxygen atoms in total. The number of rotatable bonds is 5. The van der Waals surface area contributed by atoms with E-state index in [0.717, 1.165) is 22.2 Å². The van der Waals surface area contributed by atoms with Crippen molar-refractivity contribution in [2.24, 2.45) is 5.73 Å². The summed E-state index contributed by atoms with van der Waals surface area (Å²) in [5.74, 6) is -0.463. The number of carbonyl (C=O) groups is 2. The van der Waals surface area contributed by atoms with Gasteiger partial charge in [-0.3, -0.25) is 4.79 Å². The van der Waals surface area contributed by atoms with E-state index in [9.17, 15) is 14.0 Å². The topological polar surface area (TPSA) is 90.5 Å². The van der Waals surface area contributed by atoms with Crippen LogP contribution < -0.4 is 10.6 Å². The van der Waals surface area contributed by atoms with Crippen molar-refractivity contribution in [2.75, 3.05) is 4.90 Å². The number of nitrogens with zero attached hydrogens (tertiary/aromatic N) is 3. The molecular formula is C25H21FN4O3. The first kappa shape index (κ1) is 20.7. The van der Waals surface area contributed by atoms with E-state index in [1.54, 1.807) is 27.9 Å². The van der Waals surface area contributed by atoms with Crippen molar-refractivity contribution >= 4 is 28.6 Å². The number of fused-ring (bicyclic) bond motifs is 1. The highest BCUT2D eigenvalue weighted by Crippen LogP contribution is 2.33. The SMILES string of the molecule is NC(=O)O[C@H]1CC(=O)N(c2ccc3c(cnn3-c3ccc(F)cc3)c2)[C@@H]1Cc1ccccc1. The maximum atomic E-state index is 13.3.